The largest absolute Gasteiger partial charge is 0.508 e. The van der Waals surface area contributed by atoms with Crippen LogP contribution in [0, 0.1) is 30.3 Å². The van der Waals surface area contributed by atoms with E-state index in [2.05, 4.69) is 14.2 Å². The summed E-state index contributed by atoms with van der Waals surface area (Å²) in [5.74, 6) is -3.78. The smallest absolute Gasteiger partial charge is 0.349 e. The fraction of sp³-hybridized carbons (Fsp3) is 0.294. The van der Waals surface area contributed by atoms with Crippen molar-refractivity contribution in [3.8, 4) is 17.2 Å². The Morgan fingerprint density at radius 1 is 0.500 bits per heavy atom. The van der Waals surface area contributed by atoms with E-state index in [-0.39, 0.29) is 61.0 Å². The summed E-state index contributed by atoms with van der Waals surface area (Å²) in [6.45, 7) is 3.30. The third-order valence-corrected chi connectivity index (χ3v) is 5.54. The molecule has 0 aromatic heterocycles. The van der Waals surface area contributed by atoms with Gasteiger partial charge in [0.1, 0.15) is 17.2 Å². The highest BCUT2D eigenvalue weighted by molar-refractivity contribution is 5.78. The van der Waals surface area contributed by atoms with E-state index in [1.807, 2.05) is 0 Å². The van der Waals surface area contributed by atoms with Crippen LogP contribution in [-0.2, 0) is 43.0 Å². The lowest BCUT2D eigenvalue weighted by Gasteiger charge is -2.04. The number of hydrogen-bond donors (Lipinski definition) is 2. The highest BCUT2D eigenvalue weighted by Gasteiger charge is 2.12. The van der Waals surface area contributed by atoms with E-state index in [1.54, 1.807) is 20.8 Å². The number of carboxylic acids is 1. The number of benzene rings is 3. The van der Waals surface area contributed by atoms with Crippen LogP contribution in [0.4, 0.5) is 17.1 Å². The van der Waals surface area contributed by atoms with Crippen molar-refractivity contribution in [2.24, 2.45) is 0 Å². The van der Waals surface area contributed by atoms with Gasteiger partial charge in [-0.05, 0) is 36.4 Å². The number of esters is 5. The van der Waals surface area contributed by atoms with Crippen LogP contribution >= 0.6 is 0 Å². The van der Waals surface area contributed by atoms with Crippen molar-refractivity contribution in [1.82, 2.24) is 0 Å². The number of rotatable bonds is 14. The zero-order chi connectivity index (χ0) is 41.9. The predicted molar refractivity (Wildman–Crippen MR) is 190 cm³/mol. The van der Waals surface area contributed by atoms with Gasteiger partial charge in [0.15, 0.2) is 19.8 Å². The second-order valence-electron chi connectivity index (χ2n) is 9.66. The second-order valence-corrected chi connectivity index (χ2v) is 9.66. The van der Waals surface area contributed by atoms with E-state index in [0.29, 0.717) is 0 Å². The molecule has 0 spiro atoms. The first kappa shape index (κ1) is 50.6. The molecule has 0 amide bonds. The summed E-state index contributed by atoms with van der Waals surface area (Å²) in [6, 6.07) is 15.0. The summed E-state index contributed by atoms with van der Waals surface area (Å²) in [5.41, 5.74) is -0.225. The summed E-state index contributed by atoms with van der Waals surface area (Å²) in [4.78, 5) is 93.1. The molecule has 0 aliphatic rings. The number of aromatic hydroxyl groups is 1. The van der Waals surface area contributed by atoms with E-state index in [4.69, 9.17) is 19.7 Å². The van der Waals surface area contributed by atoms with Crippen molar-refractivity contribution in [3.05, 3.63) is 103 Å². The van der Waals surface area contributed by atoms with Crippen molar-refractivity contribution < 1.29 is 77.4 Å². The van der Waals surface area contributed by atoms with Gasteiger partial charge in [-0.1, -0.05) is 28.2 Å². The van der Waals surface area contributed by atoms with E-state index < -0.39 is 70.4 Å². The number of carboxylic acid groups (broad SMARTS) is 1. The number of ether oxygens (including phenoxy) is 5. The third-order valence-electron chi connectivity index (χ3n) is 5.54. The Labute approximate surface area is 317 Å². The predicted octanol–water partition coefficient (Wildman–Crippen LogP) is 4.87. The molecule has 0 radical (unpaired) electrons. The average Bonchev–Trinajstić information content (AvgIpc) is 3.16. The fourth-order valence-electron chi connectivity index (χ4n) is 2.90. The zero-order valence-corrected chi connectivity index (χ0v) is 29.3. The van der Waals surface area contributed by atoms with Crippen LogP contribution in [0.3, 0.4) is 0 Å². The number of nitrogens with zero attached hydrogens (tertiary/aromatic N) is 3. The van der Waals surface area contributed by atoms with Crippen molar-refractivity contribution in [2.45, 2.75) is 47.5 Å². The fourth-order valence-corrected chi connectivity index (χ4v) is 2.90. The van der Waals surface area contributed by atoms with Gasteiger partial charge in [0, 0.05) is 55.7 Å². The van der Waals surface area contributed by atoms with Gasteiger partial charge in [-0.25, -0.2) is 14.4 Å². The highest BCUT2D eigenvalue weighted by atomic mass is 16.6. The van der Waals surface area contributed by atoms with Crippen molar-refractivity contribution in [1.29, 1.82) is 0 Å². The molecule has 0 aliphatic carbocycles. The first-order valence-electron chi connectivity index (χ1n) is 15.4. The molecule has 0 bridgehead atoms. The molecule has 304 valence electrons. The Morgan fingerprint density at radius 3 is 1.02 bits per heavy atom. The molecule has 56 heavy (non-hydrogen) atoms. The first-order valence-corrected chi connectivity index (χ1v) is 15.4. The number of hydrogen-bond acceptors (Lipinski definition) is 18. The van der Waals surface area contributed by atoms with E-state index in [1.165, 1.54) is 72.8 Å². The lowest BCUT2D eigenvalue weighted by molar-refractivity contribution is -0.385. The number of aliphatic carboxylic acids is 1. The number of carbonyl (C=O) groups excluding carboxylic acids is 5. The van der Waals surface area contributed by atoms with Crippen molar-refractivity contribution in [2.75, 3.05) is 19.8 Å². The molecular formula is C34H39N3O19. The molecule has 0 fully saturated rings. The van der Waals surface area contributed by atoms with Crippen LogP contribution in [0.5, 0.6) is 17.2 Å². The summed E-state index contributed by atoms with van der Waals surface area (Å²) in [7, 11) is 0. The molecular weight excluding hydrogens is 754 g/mol. The standard InChI is InChI=1S/2C11H11NO6.C6H5NO3.C5H8O4.CH4/c2*1-2-10(13)17-7-11(14)18-9-5-3-8(4-6-9)12(15)16;8-6-3-1-5(2-4-6)7(9)10;1-2-5(8)9-3-4(6)7;/h2*3-6H,2,7H2,1H3;1-4,8H;2-3H2,1H3,(H,6,7);1H4. The molecule has 0 unspecified atom stereocenters. The van der Waals surface area contributed by atoms with Gasteiger partial charge in [0.2, 0.25) is 0 Å². The Morgan fingerprint density at radius 2 is 0.768 bits per heavy atom. The van der Waals surface area contributed by atoms with Crippen molar-refractivity contribution >= 4 is 52.9 Å². The van der Waals surface area contributed by atoms with Crippen LogP contribution < -0.4 is 9.47 Å². The van der Waals surface area contributed by atoms with Gasteiger partial charge in [0.05, 0.1) is 14.8 Å². The third kappa shape index (κ3) is 23.9. The van der Waals surface area contributed by atoms with Crippen LogP contribution in [-0.4, -0.2) is 80.6 Å². The normalized spacial score (nSPS) is 9.20. The second kappa shape index (κ2) is 28.0. The number of carbonyl (C=O) groups is 6. The van der Waals surface area contributed by atoms with Gasteiger partial charge in [-0.15, -0.1) is 0 Å². The maximum atomic E-state index is 11.2. The average molecular weight is 794 g/mol. The molecule has 22 nitrogen and oxygen atoms in total. The van der Waals surface area contributed by atoms with E-state index in [0.717, 1.165) is 0 Å². The molecule has 0 heterocycles. The summed E-state index contributed by atoms with van der Waals surface area (Å²) >= 11 is 0. The maximum absolute atomic E-state index is 11.2. The van der Waals surface area contributed by atoms with Crippen LogP contribution in [0.2, 0.25) is 0 Å². The monoisotopic (exact) mass is 793 g/mol. The molecule has 0 atom stereocenters. The summed E-state index contributed by atoms with van der Waals surface area (Å²) in [6.07, 6.45) is 0.558. The molecule has 2 N–H and O–H groups in total. The Kier molecular flexibility index (Phi) is 25.3. The van der Waals surface area contributed by atoms with Gasteiger partial charge in [0.25, 0.3) is 17.1 Å². The number of phenols is 1. The van der Waals surface area contributed by atoms with Crippen molar-refractivity contribution in [3.63, 3.8) is 0 Å². The Hall–Kier alpha value is -7.52. The molecule has 3 aromatic carbocycles. The summed E-state index contributed by atoms with van der Waals surface area (Å²) in [5, 5.41) is 47.5. The molecule has 0 saturated heterocycles. The van der Waals surface area contributed by atoms with Gasteiger partial charge >= 0.3 is 35.8 Å². The van der Waals surface area contributed by atoms with E-state index >= 15 is 0 Å². The topological polar surface area (TPSA) is 318 Å². The first-order chi connectivity index (χ1) is 25.9. The molecule has 3 aromatic rings. The number of nitro groups is 3. The minimum Gasteiger partial charge on any atom is -0.508 e. The number of phenolic OH excluding ortho intramolecular Hbond substituents is 1. The Bertz CT molecular complexity index is 1670. The van der Waals surface area contributed by atoms with E-state index in [9.17, 15) is 59.1 Å². The minimum absolute atomic E-state index is 0. The highest BCUT2D eigenvalue weighted by Crippen LogP contribution is 2.18. The molecule has 22 heteroatoms. The Balaban J connectivity index is 0. The van der Waals surface area contributed by atoms with Gasteiger partial charge in [-0.3, -0.25) is 44.7 Å². The quantitative estimate of drug-likeness (QED) is 0.0722. The number of non-ortho nitro benzene ring substituents is 3. The van der Waals surface area contributed by atoms with Crippen LogP contribution in [0.1, 0.15) is 47.5 Å². The molecule has 0 aliphatic heterocycles. The molecule has 0 saturated carbocycles. The zero-order valence-electron chi connectivity index (χ0n) is 29.3. The number of nitro benzene ring substituents is 3. The lowest BCUT2D eigenvalue weighted by atomic mass is 10.3. The van der Waals surface area contributed by atoms with Crippen LogP contribution in [0.15, 0.2) is 72.8 Å². The lowest BCUT2D eigenvalue weighted by Crippen LogP contribution is -2.18. The SMILES string of the molecule is C.CCC(=O)OCC(=O)O.CCC(=O)OCC(=O)Oc1ccc([N+](=O)[O-])cc1.CCC(=O)OCC(=O)Oc1ccc([N+](=O)[O-])cc1.O=[N+]([O-])c1ccc(O)cc1. The van der Waals surface area contributed by atoms with Crippen LogP contribution in [0.25, 0.3) is 0 Å². The maximum Gasteiger partial charge on any atom is 0.349 e. The van der Waals surface area contributed by atoms with Gasteiger partial charge < -0.3 is 33.9 Å². The minimum atomic E-state index is -1.13. The van der Waals surface area contributed by atoms with Gasteiger partial charge in [-0.2, -0.15) is 0 Å². The molecule has 3 rings (SSSR count). The summed E-state index contributed by atoms with van der Waals surface area (Å²) < 4.78 is 23.0.